The number of aliphatic hydroxyl groups is 2. The van der Waals surface area contributed by atoms with Crippen molar-refractivity contribution in [2.75, 3.05) is 0 Å². The van der Waals surface area contributed by atoms with E-state index in [1.54, 1.807) is 48.5 Å². The van der Waals surface area contributed by atoms with Crippen LogP contribution in [0, 0.1) is 17.3 Å². The molecule has 0 radical (unpaired) electrons. The summed E-state index contributed by atoms with van der Waals surface area (Å²) in [6.45, 7) is 21.5. The fraction of sp³-hybridized carbons (Fsp3) is 0.886. The lowest BCUT2D eigenvalue weighted by Gasteiger charge is -2.60. The zero-order valence-electron chi connectivity index (χ0n) is 29.9. The number of esters is 2. The molecule has 0 saturated heterocycles. The maximum Gasteiger partial charge on any atom is 0.419 e. The summed E-state index contributed by atoms with van der Waals surface area (Å²) in [5.74, 6) is -0.702. The van der Waals surface area contributed by atoms with Crippen molar-refractivity contribution in [2.45, 2.75) is 180 Å². The maximum atomic E-state index is 14.4. The Morgan fingerprint density at radius 2 is 1.35 bits per heavy atom. The third kappa shape index (κ3) is 7.62. The molecule has 4 unspecified atom stereocenters. The number of hydrogen-bond donors (Lipinski definition) is 2. The molecule has 46 heavy (non-hydrogen) atoms. The normalized spacial score (nSPS) is 29.2. The molecule has 0 amide bonds. The van der Waals surface area contributed by atoms with Gasteiger partial charge >= 0.3 is 18.1 Å². The highest BCUT2D eigenvalue weighted by Gasteiger charge is 2.65. The molecule has 8 nitrogen and oxygen atoms in total. The van der Waals surface area contributed by atoms with E-state index in [-0.39, 0.29) is 23.8 Å². The van der Waals surface area contributed by atoms with Crippen LogP contribution in [0.3, 0.4) is 0 Å². The van der Waals surface area contributed by atoms with Gasteiger partial charge in [0.15, 0.2) is 5.60 Å². The molecule has 4 aliphatic carbocycles. The zero-order valence-corrected chi connectivity index (χ0v) is 29.9. The molecule has 4 fully saturated rings. The van der Waals surface area contributed by atoms with E-state index in [9.17, 15) is 33.0 Å². The average molecular weight is 663 g/mol. The van der Waals surface area contributed by atoms with E-state index in [1.165, 1.54) is 13.8 Å². The highest BCUT2D eigenvalue weighted by atomic mass is 19.4. The van der Waals surface area contributed by atoms with Crippen molar-refractivity contribution in [3.8, 4) is 0 Å². The van der Waals surface area contributed by atoms with E-state index in [1.807, 2.05) is 0 Å². The topological polar surface area (TPSA) is 112 Å². The lowest BCUT2D eigenvalue weighted by Crippen LogP contribution is -2.64. The molecular formula is C35H57F3O8. The number of hydrogen-bond acceptors (Lipinski definition) is 8. The predicted octanol–water partition coefficient (Wildman–Crippen LogP) is 6.98. The third-order valence-electron chi connectivity index (χ3n) is 11.0. The molecule has 0 spiro atoms. The summed E-state index contributed by atoms with van der Waals surface area (Å²) in [5, 5.41) is 21.4. The third-order valence-corrected chi connectivity index (χ3v) is 11.0. The first-order chi connectivity index (χ1) is 20.3. The molecule has 0 aliphatic heterocycles. The van der Waals surface area contributed by atoms with Gasteiger partial charge < -0.3 is 29.2 Å². The molecule has 0 heterocycles. The first-order valence-electron chi connectivity index (χ1n) is 16.3. The maximum absolute atomic E-state index is 14.4. The van der Waals surface area contributed by atoms with Crippen LogP contribution < -0.4 is 0 Å². The first-order valence-corrected chi connectivity index (χ1v) is 16.3. The Kier molecular flexibility index (Phi) is 9.88. The number of carbonyl (C=O) groups is 2. The summed E-state index contributed by atoms with van der Waals surface area (Å²) in [4.78, 5) is 27.1. The van der Waals surface area contributed by atoms with Crippen LogP contribution in [0.4, 0.5) is 13.2 Å². The van der Waals surface area contributed by atoms with Gasteiger partial charge in [0.05, 0.1) is 22.2 Å². The monoisotopic (exact) mass is 662 g/mol. The largest absolute Gasteiger partial charge is 0.459 e. The van der Waals surface area contributed by atoms with Crippen LogP contribution in [0.5, 0.6) is 0 Å². The van der Waals surface area contributed by atoms with E-state index in [0.29, 0.717) is 39.0 Å². The quantitative estimate of drug-likeness (QED) is 0.161. The second-order valence-corrected chi connectivity index (χ2v) is 17.4. The van der Waals surface area contributed by atoms with Gasteiger partial charge in [-0.2, -0.15) is 13.2 Å². The number of halogens is 3. The van der Waals surface area contributed by atoms with Crippen molar-refractivity contribution in [3.63, 3.8) is 0 Å². The van der Waals surface area contributed by atoms with Crippen LogP contribution >= 0.6 is 0 Å². The van der Waals surface area contributed by atoms with Gasteiger partial charge in [0.25, 0.3) is 0 Å². The van der Waals surface area contributed by atoms with Gasteiger partial charge in [-0.25, -0.2) is 4.79 Å². The molecule has 4 rings (SSSR count). The second-order valence-electron chi connectivity index (χ2n) is 17.4. The molecule has 0 aromatic heterocycles. The molecule has 0 aromatic carbocycles. The summed E-state index contributed by atoms with van der Waals surface area (Å²) in [5.41, 5.74) is -11.8. The first kappa shape index (κ1) is 38.8. The Labute approximate surface area is 272 Å². The Morgan fingerprint density at radius 1 is 0.848 bits per heavy atom. The molecule has 4 atom stereocenters. The van der Waals surface area contributed by atoms with Gasteiger partial charge in [0, 0.05) is 18.4 Å². The molecular weight excluding hydrogens is 605 g/mol. The SMILES string of the molecule is C=C(C)C(=O)OC12CC3CC(C1)CC(C(=O)OC(CC(C)(C)OC(C)(C)C(C)(C)O)C(C)(C)OC(C)(C)C(C)(O)C(F)(F)F)(C3)C2. The van der Waals surface area contributed by atoms with Crippen LogP contribution in [0.2, 0.25) is 0 Å². The highest BCUT2D eigenvalue weighted by molar-refractivity contribution is 5.87. The van der Waals surface area contributed by atoms with Crippen molar-refractivity contribution in [1.82, 2.24) is 0 Å². The summed E-state index contributed by atoms with van der Waals surface area (Å²) in [6.07, 6.45) is -2.51. The summed E-state index contributed by atoms with van der Waals surface area (Å²) < 4.78 is 66.8. The second kappa shape index (κ2) is 11.7. The summed E-state index contributed by atoms with van der Waals surface area (Å²) in [7, 11) is 0. The van der Waals surface area contributed by atoms with Crippen molar-refractivity contribution in [3.05, 3.63) is 12.2 Å². The zero-order chi connectivity index (χ0) is 35.7. The van der Waals surface area contributed by atoms with Crippen LogP contribution in [0.15, 0.2) is 12.2 Å². The molecule has 11 heteroatoms. The van der Waals surface area contributed by atoms with Crippen molar-refractivity contribution >= 4 is 11.9 Å². The number of ether oxygens (including phenoxy) is 4. The Bertz CT molecular complexity index is 1180. The lowest BCUT2D eigenvalue weighted by molar-refractivity contribution is -0.335. The van der Waals surface area contributed by atoms with Gasteiger partial charge in [0.2, 0.25) is 0 Å². The van der Waals surface area contributed by atoms with Gasteiger partial charge in [-0.1, -0.05) is 6.58 Å². The van der Waals surface area contributed by atoms with Gasteiger partial charge in [0.1, 0.15) is 22.9 Å². The van der Waals surface area contributed by atoms with Crippen LogP contribution in [0.25, 0.3) is 0 Å². The fourth-order valence-corrected chi connectivity index (χ4v) is 7.97. The molecule has 4 aliphatic rings. The minimum atomic E-state index is -5.01. The Morgan fingerprint density at radius 3 is 1.78 bits per heavy atom. The minimum Gasteiger partial charge on any atom is -0.459 e. The van der Waals surface area contributed by atoms with Crippen LogP contribution in [-0.2, 0) is 28.5 Å². The number of rotatable bonds is 13. The average Bonchev–Trinajstić information content (AvgIpc) is 2.79. The van der Waals surface area contributed by atoms with E-state index >= 15 is 0 Å². The highest BCUT2D eigenvalue weighted by Crippen LogP contribution is 2.63. The molecule has 4 saturated carbocycles. The number of alkyl halides is 3. The van der Waals surface area contributed by atoms with E-state index in [4.69, 9.17) is 18.9 Å². The Hall–Kier alpha value is -1.69. The number of carbonyl (C=O) groups excluding carboxylic acids is 2. The Balaban J connectivity index is 2.00. The minimum absolute atomic E-state index is 0.00574. The van der Waals surface area contributed by atoms with Crippen molar-refractivity contribution in [2.24, 2.45) is 17.3 Å². The molecule has 4 bridgehead atoms. The van der Waals surface area contributed by atoms with Crippen molar-refractivity contribution in [1.29, 1.82) is 0 Å². The molecule has 0 aromatic rings. The molecule has 266 valence electrons. The fourth-order valence-electron chi connectivity index (χ4n) is 7.97. The standard InChI is InChI=1S/C35H57F3O8/c1-21(2)25(39)44-34-17-22-14-23(18-34)16-33(15-22,20-34)26(40)43-24(19-27(3,4)45-30(9,10)29(7,8)41)28(5,6)46-31(11,12)32(13,42)35(36,37)38/h22-24,41-42H,1,14-20H2,2-13H3. The van der Waals surface area contributed by atoms with E-state index in [2.05, 4.69) is 6.58 Å². The van der Waals surface area contributed by atoms with Crippen molar-refractivity contribution < 1.29 is 51.9 Å². The summed E-state index contributed by atoms with van der Waals surface area (Å²) >= 11 is 0. The van der Waals surface area contributed by atoms with Crippen LogP contribution in [-0.4, -0.2) is 73.6 Å². The van der Waals surface area contributed by atoms with E-state index in [0.717, 1.165) is 20.3 Å². The van der Waals surface area contributed by atoms with E-state index < -0.39 is 68.8 Å². The molecule has 2 N–H and O–H groups in total. The van der Waals surface area contributed by atoms with Crippen LogP contribution in [0.1, 0.15) is 128 Å². The van der Waals surface area contributed by atoms with Gasteiger partial charge in [-0.15, -0.1) is 0 Å². The predicted molar refractivity (Wildman–Crippen MR) is 167 cm³/mol. The van der Waals surface area contributed by atoms with Gasteiger partial charge in [-0.3, -0.25) is 4.79 Å². The lowest BCUT2D eigenvalue weighted by atomic mass is 9.48. The summed E-state index contributed by atoms with van der Waals surface area (Å²) in [6, 6.07) is 0. The smallest absolute Gasteiger partial charge is 0.419 e. The van der Waals surface area contributed by atoms with Gasteiger partial charge in [-0.05, 0) is 127 Å².